The third kappa shape index (κ3) is 4.62. The molecule has 4 nitrogen and oxygen atoms in total. The monoisotopic (exact) mass is 565 g/mol. The van der Waals surface area contributed by atoms with Crippen LogP contribution in [0.25, 0.3) is 16.0 Å². The van der Waals surface area contributed by atoms with Gasteiger partial charge in [0.1, 0.15) is 0 Å². The molecule has 1 atom stereocenters. The fraction of sp³-hybridized carbons (Fsp3) is 0.429. The maximum atomic E-state index is 6.56. The van der Waals surface area contributed by atoms with Gasteiger partial charge in [0, 0.05) is 5.54 Å². The number of hydrogen-bond acceptors (Lipinski definition) is 4. The van der Waals surface area contributed by atoms with E-state index in [1.165, 1.54) is 65.3 Å². The average Bonchev–Trinajstić information content (AvgIpc) is 2.76. The van der Waals surface area contributed by atoms with Gasteiger partial charge in [-0.1, -0.05) is 0 Å². The molecule has 0 fully saturated rings. The van der Waals surface area contributed by atoms with E-state index in [1.807, 2.05) is 0 Å². The van der Waals surface area contributed by atoms with Gasteiger partial charge in [-0.3, -0.25) is 0 Å². The molecule has 0 saturated heterocycles. The van der Waals surface area contributed by atoms with E-state index < -0.39 is 8.32 Å². The smallest absolute Gasteiger partial charge is 0.257 e. The number of hydrogen-bond donors (Lipinski definition) is 0. The quantitative estimate of drug-likeness (QED) is 0.438. The minimum atomic E-state index is -2.20. The number of rotatable bonds is 9. The highest BCUT2D eigenvalue weighted by molar-refractivity contribution is 6.80. The Kier molecular flexibility index (Phi) is 9.16. The molecule has 0 N–H and O–H groups in total. The molecule has 2 aromatic rings. The summed E-state index contributed by atoms with van der Waals surface area (Å²) in [5, 5.41) is 6.38. The van der Waals surface area contributed by atoms with Gasteiger partial charge in [0.2, 0.25) is 41.2 Å². The predicted molar refractivity (Wildman–Crippen MR) is 145 cm³/mol. The van der Waals surface area contributed by atoms with Crippen LogP contribution in [0.3, 0.4) is 0 Å². The minimum Gasteiger partial charge on any atom is -0.456 e. The van der Waals surface area contributed by atoms with Crippen molar-refractivity contribution in [1.82, 2.24) is 0 Å². The van der Waals surface area contributed by atoms with Gasteiger partial charge >= 0.3 is 0 Å². The topological polar surface area (TPSA) is 36.9 Å². The van der Waals surface area contributed by atoms with Crippen molar-refractivity contribution in [3.63, 3.8) is 0 Å². The molecule has 0 aliphatic heterocycles. The molecule has 0 spiro atoms. The summed E-state index contributed by atoms with van der Waals surface area (Å²) in [5.74, 6) is 0. The molecule has 0 amide bonds. The van der Waals surface area contributed by atoms with Crippen LogP contribution in [-0.2, 0) is 16.5 Å². The molecule has 1 aliphatic carbocycles. The van der Waals surface area contributed by atoms with E-state index in [1.54, 1.807) is 0 Å². The molecular weight excluding hydrogens is 541 g/mol. The second kappa shape index (κ2) is 11.0. The SMILES string of the molecule is C[Si]O[Si](C)(C)C1C([Si]O[Si])=C([Si]O[Si])c2c([Si]O[Si])c(C)c(C)c3c(C)c(C)c(C)c1c23. The van der Waals surface area contributed by atoms with Crippen molar-refractivity contribution >= 4 is 100.0 Å². The van der Waals surface area contributed by atoms with Gasteiger partial charge in [0.25, 0.3) is 29.3 Å². The molecule has 0 bridgehead atoms. The Morgan fingerprint density at radius 3 is 1.85 bits per heavy atom. The van der Waals surface area contributed by atoms with Crippen molar-refractivity contribution in [3.8, 4) is 0 Å². The number of allylic oxidation sites excluding steroid dienone is 1. The first-order chi connectivity index (χ1) is 15.6. The molecule has 2 aromatic carbocycles. The van der Waals surface area contributed by atoms with Crippen LogP contribution in [0.5, 0.6) is 0 Å². The minimum absolute atomic E-state index is 0.134. The number of aryl methyl sites for hydroxylation is 2. The molecule has 33 heavy (non-hydrogen) atoms. The van der Waals surface area contributed by atoms with Gasteiger partial charge in [-0.15, -0.1) is 0 Å². The van der Waals surface area contributed by atoms with Crippen LogP contribution < -0.4 is 5.19 Å². The summed E-state index contributed by atoms with van der Waals surface area (Å²) in [6.07, 6.45) is 0. The summed E-state index contributed by atoms with van der Waals surface area (Å²) in [7, 11) is 8.64. The van der Waals surface area contributed by atoms with E-state index in [0.29, 0.717) is 9.76 Å². The molecule has 3 rings (SSSR count). The van der Waals surface area contributed by atoms with Gasteiger partial charge in [-0.2, -0.15) is 0 Å². The largest absolute Gasteiger partial charge is 0.456 e. The van der Waals surface area contributed by atoms with Crippen molar-refractivity contribution in [2.75, 3.05) is 0 Å². The van der Waals surface area contributed by atoms with Gasteiger partial charge in [0.15, 0.2) is 8.32 Å². The molecule has 1 aliphatic rings. The second-order valence-corrected chi connectivity index (χ2v) is 18.4. The van der Waals surface area contributed by atoms with E-state index in [9.17, 15) is 0 Å². The van der Waals surface area contributed by atoms with Crippen molar-refractivity contribution < 1.29 is 16.5 Å². The zero-order valence-electron chi connectivity index (χ0n) is 20.2. The normalized spacial score (nSPS) is 16.3. The lowest BCUT2D eigenvalue weighted by Gasteiger charge is -2.41. The highest BCUT2D eigenvalue weighted by Crippen LogP contribution is 2.50. The summed E-state index contributed by atoms with van der Waals surface area (Å²) in [4.78, 5) is 0. The van der Waals surface area contributed by atoms with Crippen LogP contribution in [0.2, 0.25) is 19.6 Å². The zero-order valence-corrected chi connectivity index (χ0v) is 28.2. The maximum absolute atomic E-state index is 6.56. The molecule has 0 aromatic heterocycles. The van der Waals surface area contributed by atoms with Crippen LogP contribution in [-0.4, -0.2) is 78.8 Å². The second-order valence-electron chi connectivity index (χ2n) is 8.78. The highest BCUT2D eigenvalue weighted by atomic mass is 28.4. The molecule has 165 valence electrons. The Labute approximate surface area is 219 Å². The first-order valence-electron chi connectivity index (χ1n) is 10.5. The first-order valence-corrected chi connectivity index (χ1v) is 18.8. The molecule has 17 radical (unpaired) electrons. The molecule has 12 heteroatoms. The van der Waals surface area contributed by atoms with Crippen LogP contribution in [0.1, 0.15) is 44.5 Å². The summed E-state index contributed by atoms with van der Waals surface area (Å²) in [6, 6.07) is 0. The Balaban J connectivity index is 2.68. The summed E-state index contributed by atoms with van der Waals surface area (Å²) in [5.41, 5.74) is 9.46. The van der Waals surface area contributed by atoms with Gasteiger partial charge in [-0.05, 0) is 120 Å². The van der Waals surface area contributed by atoms with E-state index in [-0.39, 0.29) is 34.8 Å². The van der Waals surface area contributed by atoms with Crippen molar-refractivity contribution in [1.29, 1.82) is 0 Å². The van der Waals surface area contributed by atoms with E-state index in [0.717, 1.165) is 0 Å². The van der Waals surface area contributed by atoms with Crippen LogP contribution in [0.15, 0.2) is 5.20 Å². The standard InChI is InChI=1S/C21H25O4Si8/c1-9-10(2)14-12(4)13(5)18(30-22-26)17-16(14)15(11(9)3)21(33(7,8)25-29-6)20(32-24-28)19(17)31-23-27/h21H,1-8H3. The Hall–Kier alpha value is 0.0151. The van der Waals surface area contributed by atoms with Gasteiger partial charge < -0.3 is 16.5 Å². The zero-order chi connectivity index (χ0) is 24.7. The maximum Gasteiger partial charge on any atom is 0.257 e. The number of benzene rings is 2. The molecule has 0 saturated carbocycles. The predicted octanol–water partition coefficient (Wildman–Crippen LogP) is 2.36. The fourth-order valence-electron chi connectivity index (χ4n) is 5.15. The van der Waals surface area contributed by atoms with Crippen molar-refractivity contribution in [3.05, 3.63) is 44.1 Å². The van der Waals surface area contributed by atoms with Crippen LogP contribution in [0, 0.1) is 34.6 Å². The summed E-state index contributed by atoms with van der Waals surface area (Å²) >= 11 is 0. The van der Waals surface area contributed by atoms with E-state index in [4.69, 9.17) is 16.5 Å². The lowest BCUT2D eigenvalue weighted by molar-refractivity contribution is 0.576. The van der Waals surface area contributed by atoms with Crippen molar-refractivity contribution in [2.45, 2.75) is 59.8 Å². The third-order valence-corrected chi connectivity index (χ3v) is 15.8. The lowest BCUT2D eigenvalue weighted by Crippen LogP contribution is -2.45. The fourth-order valence-corrected chi connectivity index (χ4v) is 14.5. The average molecular weight is 566 g/mol. The Bertz CT molecular complexity index is 1120. The lowest BCUT2D eigenvalue weighted by atomic mass is 9.81. The van der Waals surface area contributed by atoms with E-state index in [2.05, 4.69) is 85.7 Å². The Morgan fingerprint density at radius 2 is 1.30 bits per heavy atom. The van der Waals surface area contributed by atoms with Crippen molar-refractivity contribution in [2.24, 2.45) is 0 Å². The van der Waals surface area contributed by atoms with Crippen LogP contribution in [0.4, 0.5) is 0 Å². The van der Waals surface area contributed by atoms with E-state index >= 15 is 0 Å². The Morgan fingerprint density at radius 1 is 0.727 bits per heavy atom. The van der Waals surface area contributed by atoms with Gasteiger partial charge in [-0.25, -0.2) is 0 Å². The summed E-state index contributed by atoms with van der Waals surface area (Å²) < 4.78 is 23.4. The molecule has 0 heterocycles. The van der Waals surface area contributed by atoms with Gasteiger partial charge in [0.05, 0.1) is 0 Å². The first kappa shape index (κ1) is 27.6. The van der Waals surface area contributed by atoms with Crippen LogP contribution >= 0.6 is 0 Å². The molecule has 1 unspecified atom stereocenters. The summed E-state index contributed by atoms with van der Waals surface area (Å²) in [6.45, 7) is 18.0. The third-order valence-electron chi connectivity index (χ3n) is 6.86. The molecular formula is C21H25O4Si8. The highest BCUT2D eigenvalue weighted by Gasteiger charge is 2.44.